The maximum Gasteiger partial charge on any atom is 0.203 e. The Labute approximate surface area is 177 Å². The summed E-state index contributed by atoms with van der Waals surface area (Å²) in [6.45, 7) is 0. The summed E-state index contributed by atoms with van der Waals surface area (Å²) < 4.78 is 18.1. The molecule has 0 unspecified atom stereocenters. The van der Waals surface area contributed by atoms with Gasteiger partial charge in [0.15, 0.2) is 17.1 Å². The van der Waals surface area contributed by atoms with Gasteiger partial charge in [-0.2, -0.15) is 5.10 Å². The second-order valence-corrected chi connectivity index (χ2v) is 6.96. The number of aromatic nitrogens is 3. The van der Waals surface area contributed by atoms with Crippen molar-refractivity contribution in [3.05, 3.63) is 58.7 Å². The molecule has 0 aliphatic rings. The Morgan fingerprint density at radius 2 is 1.59 bits per heavy atom. The first-order valence-electron chi connectivity index (χ1n) is 8.67. The topological polar surface area (TPSA) is 58.4 Å². The van der Waals surface area contributed by atoms with Crippen molar-refractivity contribution in [2.24, 2.45) is 0 Å². The maximum absolute atomic E-state index is 6.22. The van der Waals surface area contributed by atoms with Crippen molar-refractivity contribution in [1.82, 2.24) is 14.8 Å². The molecular weight excluding hydrogens is 413 g/mol. The smallest absolute Gasteiger partial charge is 0.203 e. The molecule has 0 saturated heterocycles. The van der Waals surface area contributed by atoms with Crippen LogP contribution in [0, 0.1) is 0 Å². The third-order valence-corrected chi connectivity index (χ3v) is 5.27. The van der Waals surface area contributed by atoms with Gasteiger partial charge < -0.3 is 14.2 Å². The van der Waals surface area contributed by atoms with E-state index in [0.717, 1.165) is 22.3 Å². The highest BCUT2D eigenvalue weighted by Crippen LogP contribution is 2.40. The lowest BCUT2D eigenvalue weighted by Crippen LogP contribution is -2.01. The van der Waals surface area contributed by atoms with Crippen LogP contribution in [0.15, 0.2) is 48.7 Å². The van der Waals surface area contributed by atoms with Crippen LogP contribution in [0.5, 0.6) is 17.2 Å². The van der Waals surface area contributed by atoms with E-state index in [-0.39, 0.29) is 0 Å². The number of pyridine rings is 1. The third-order valence-electron chi connectivity index (χ3n) is 4.53. The lowest BCUT2D eigenvalue weighted by atomic mass is 10.1. The Morgan fingerprint density at radius 1 is 0.862 bits per heavy atom. The van der Waals surface area contributed by atoms with E-state index in [4.69, 9.17) is 42.5 Å². The van der Waals surface area contributed by atoms with Crippen LogP contribution in [0.3, 0.4) is 0 Å². The first kappa shape index (κ1) is 19.4. The van der Waals surface area contributed by atoms with E-state index in [1.807, 2.05) is 30.3 Å². The van der Waals surface area contributed by atoms with Crippen molar-refractivity contribution in [1.29, 1.82) is 0 Å². The summed E-state index contributed by atoms with van der Waals surface area (Å²) in [5, 5.41) is 6.63. The highest BCUT2D eigenvalue weighted by Gasteiger charge is 2.19. The second-order valence-electron chi connectivity index (χ2n) is 6.15. The number of ether oxygens (including phenoxy) is 3. The summed E-state index contributed by atoms with van der Waals surface area (Å²) in [7, 11) is 4.70. The summed E-state index contributed by atoms with van der Waals surface area (Å²) in [5.41, 5.74) is 2.97. The molecule has 0 fully saturated rings. The fourth-order valence-electron chi connectivity index (χ4n) is 3.18. The van der Waals surface area contributed by atoms with Gasteiger partial charge in [0.1, 0.15) is 5.69 Å². The van der Waals surface area contributed by atoms with E-state index >= 15 is 0 Å². The Kier molecular flexibility index (Phi) is 5.22. The Morgan fingerprint density at radius 3 is 2.21 bits per heavy atom. The fourth-order valence-corrected chi connectivity index (χ4v) is 3.48. The number of methoxy groups -OCH3 is 3. The second kappa shape index (κ2) is 7.81. The minimum absolute atomic E-state index is 0.462. The molecule has 29 heavy (non-hydrogen) atoms. The number of nitrogens with zero attached hydrogens (tertiary/aromatic N) is 3. The average Bonchev–Trinajstić information content (AvgIpc) is 3.14. The molecule has 0 bridgehead atoms. The SMILES string of the molecule is COc1cc(-n2nc(-c3ccc(Cl)c(Cl)c3)c3cccnc32)cc(OC)c1OC. The summed E-state index contributed by atoms with van der Waals surface area (Å²) in [5.74, 6) is 1.56. The normalized spacial score (nSPS) is 10.9. The van der Waals surface area contributed by atoms with Crippen LogP contribution < -0.4 is 14.2 Å². The molecule has 0 atom stereocenters. The van der Waals surface area contributed by atoms with Gasteiger partial charge in [-0.25, -0.2) is 9.67 Å². The number of hydrogen-bond acceptors (Lipinski definition) is 5. The minimum atomic E-state index is 0.462. The summed E-state index contributed by atoms with van der Waals surface area (Å²) >= 11 is 12.3. The lowest BCUT2D eigenvalue weighted by Gasteiger charge is -2.14. The van der Waals surface area contributed by atoms with Crippen LogP contribution in [0.1, 0.15) is 0 Å². The molecule has 0 aliphatic heterocycles. The molecule has 0 spiro atoms. The number of fused-ring (bicyclic) bond motifs is 1. The number of benzene rings is 2. The van der Waals surface area contributed by atoms with Crippen LogP contribution >= 0.6 is 23.2 Å². The summed E-state index contributed by atoms with van der Waals surface area (Å²) in [4.78, 5) is 4.53. The van der Waals surface area contributed by atoms with Gasteiger partial charge in [0.2, 0.25) is 5.75 Å². The maximum atomic E-state index is 6.22. The van der Waals surface area contributed by atoms with Crippen LogP contribution in [0.2, 0.25) is 10.0 Å². The molecule has 0 aliphatic carbocycles. The van der Waals surface area contributed by atoms with E-state index in [1.54, 1.807) is 44.3 Å². The monoisotopic (exact) mass is 429 g/mol. The molecule has 0 saturated carbocycles. The van der Waals surface area contributed by atoms with Crippen molar-refractivity contribution >= 4 is 34.2 Å². The molecule has 4 rings (SSSR count). The first-order chi connectivity index (χ1) is 14.1. The third kappa shape index (κ3) is 3.34. The van der Waals surface area contributed by atoms with E-state index < -0.39 is 0 Å². The Hall–Kier alpha value is -2.96. The molecule has 8 heteroatoms. The lowest BCUT2D eigenvalue weighted by molar-refractivity contribution is 0.324. The van der Waals surface area contributed by atoms with E-state index in [9.17, 15) is 0 Å². The zero-order valence-corrected chi connectivity index (χ0v) is 17.5. The zero-order valence-electron chi connectivity index (χ0n) is 15.9. The Bertz CT molecular complexity index is 1180. The molecule has 0 N–H and O–H groups in total. The fraction of sp³-hybridized carbons (Fsp3) is 0.143. The molecule has 2 aromatic heterocycles. The molecule has 2 heterocycles. The van der Waals surface area contributed by atoms with Gasteiger partial charge in [-0.05, 0) is 24.3 Å². The van der Waals surface area contributed by atoms with Gasteiger partial charge in [0.25, 0.3) is 0 Å². The molecule has 4 aromatic rings. The van der Waals surface area contributed by atoms with Crippen LogP contribution in [0.4, 0.5) is 0 Å². The van der Waals surface area contributed by atoms with E-state index in [0.29, 0.717) is 32.9 Å². The first-order valence-corrected chi connectivity index (χ1v) is 9.42. The predicted octanol–water partition coefficient (Wildman–Crippen LogP) is 5.42. The summed E-state index contributed by atoms with van der Waals surface area (Å²) in [6.07, 6.45) is 1.72. The van der Waals surface area contributed by atoms with Crippen molar-refractivity contribution < 1.29 is 14.2 Å². The number of rotatable bonds is 5. The van der Waals surface area contributed by atoms with Gasteiger partial charge in [-0.15, -0.1) is 0 Å². The van der Waals surface area contributed by atoms with Gasteiger partial charge in [0.05, 0.1) is 37.1 Å². The van der Waals surface area contributed by atoms with Crippen molar-refractivity contribution in [3.63, 3.8) is 0 Å². The number of hydrogen-bond donors (Lipinski definition) is 0. The van der Waals surface area contributed by atoms with Crippen LogP contribution in [-0.4, -0.2) is 36.1 Å². The van der Waals surface area contributed by atoms with Crippen molar-refractivity contribution in [3.8, 4) is 34.2 Å². The molecule has 6 nitrogen and oxygen atoms in total. The quantitative estimate of drug-likeness (QED) is 0.423. The van der Waals surface area contributed by atoms with Crippen molar-refractivity contribution in [2.75, 3.05) is 21.3 Å². The minimum Gasteiger partial charge on any atom is -0.493 e. The highest BCUT2D eigenvalue weighted by atomic mass is 35.5. The molecule has 148 valence electrons. The molecular formula is C21H17Cl2N3O3. The van der Waals surface area contributed by atoms with Gasteiger partial charge >= 0.3 is 0 Å². The predicted molar refractivity (Wildman–Crippen MR) is 114 cm³/mol. The number of halogens is 2. The van der Waals surface area contributed by atoms with E-state index in [1.165, 1.54) is 0 Å². The van der Waals surface area contributed by atoms with Crippen LogP contribution in [0.25, 0.3) is 28.0 Å². The molecule has 0 radical (unpaired) electrons. The van der Waals surface area contributed by atoms with E-state index in [2.05, 4.69) is 4.98 Å². The van der Waals surface area contributed by atoms with Gasteiger partial charge in [-0.1, -0.05) is 29.3 Å². The van der Waals surface area contributed by atoms with Gasteiger partial charge in [-0.3, -0.25) is 0 Å². The van der Waals surface area contributed by atoms with Crippen LogP contribution in [-0.2, 0) is 0 Å². The standard InChI is InChI=1S/C21H17Cl2N3O3/c1-27-17-10-13(11-18(28-2)20(17)29-3)26-21-14(5-4-8-24-21)19(25-26)12-6-7-15(22)16(23)9-12/h4-11H,1-3H3. The van der Waals surface area contributed by atoms with Gasteiger partial charge in [0, 0.05) is 29.3 Å². The largest absolute Gasteiger partial charge is 0.493 e. The summed E-state index contributed by atoms with van der Waals surface area (Å²) in [6, 6.07) is 12.9. The zero-order chi connectivity index (χ0) is 20.5. The molecule has 2 aromatic carbocycles. The molecule has 0 amide bonds. The Balaban J connectivity index is 1.97. The average molecular weight is 430 g/mol. The highest BCUT2D eigenvalue weighted by molar-refractivity contribution is 6.42. The van der Waals surface area contributed by atoms with Crippen molar-refractivity contribution in [2.45, 2.75) is 0 Å².